The lowest BCUT2D eigenvalue weighted by atomic mass is 9.90. The van der Waals surface area contributed by atoms with E-state index in [4.69, 9.17) is 10.4 Å². The van der Waals surface area contributed by atoms with Crippen LogP contribution in [0.4, 0.5) is 0 Å². The Hall–Kier alpha value is -1.12. The van der Waals surface area contributed by atoms with Gasteiger partial charge in [-0.3, -0.25) is 9.69 Å². The van der Waals surface area contributed by atoms with Gasteiger partial charge in [-0.05, 0) is 25.8 Å². The van der Waals surface area contributed by atoms with Gasteiger partial charge in [-0.25, -0.2) is 0 Å². The number of nitrogens with zero attached hydrogens (tertiary/aromatic N) is 2. The second-order valence-electron chi connectivity index (χ2n) is 4.96. The van der Waals surface area contributed by atoms with Gasteiger partial charge in [0.1, 0.15) is 5.54 Å². The van der Waals surface area contributed by atoms with E-state index in [0.29, 0.717) is 13.0 Å². The van der Waals surface area contributed by atoms with Gasteiger partial charge < -0.3 is 10.4 Å². The predicted molar refractivity (Wildman–Crippen MR) is 70.8 cm³/mol. The Labute approximate surface area is 110 Å². The lowest BCUT2D eigenvalue weighted by Gasteiger charge is -2.29. The maximum absolute atomic E-state index is 11.9. The van der Waals surface area contributed by atoms with Crippen molar-refractivity contribution in [3.8, 4) is 6.07 Å². The van der Waals surface area contributed by atoms with Gasteiger partial charge in [0.15, 0.2) is 0 Å². The first kappa shape index (κ1) is 16.9. The van der Waals surface area contributed by atoms with Crippen LogP contribution in [-0.4, -0.2) is 47.7 Å². The van der Waals surface area contributed by atoms with Crippen LogP contribution in [-0.2, 0) is 4.79 Å². The van der Waals surface area contributed by atoms with E-state index >= 15 is 0 Å². The fourth-order valence-electron chi connectivity index (χ4n) is 1.48. The topological polar surface area (TPSA) is 76.4 Å². The first-order valence-corrected chi connectivity index (χ1v) is 6.45. The van der Waals surface area contributed by atoms with E-state index in [0.717, 1.165) is 6.54 Å². The fraction of sp³-hybridized carbons (Fsp3) is 0.846. The van der Waals surface area contributed by atoms with Crippen LogP contribution in [0.3, 0.4) is 0 Å². The second-order valence-corrected chi connectivity index (χ2v) is 4.96. The summed E-state index contributed by atoms with van der Waals surface area (Å²) in [6.07, 6.45) is 0.654. The maximum Gasteiger partial charge on any atom is 0.235 e. The molecule has 0 aliphatic rings. The van der Waals surface area contributed by atoms with Crippen molar-refractivity contribution in [3.63, 3.8) is 0 Å². The molecule has 5 heteroatoms. The van der Waals surface area contributed by atoms with Gasteiger partial charge in [0.25, 0.3) is 0 Å². The third kappa shape index (κ3) is 5.48. The number of nitrogens with one attached hydrogen (secondary N) is 1. The van der Waals surface area contributed by atoms with E-state index in [9.17, 15) is 4.79 Å². The van der Waals surface area contributed by atoms with Gasteiger partial charge in [-0.1, -0.05) is 20.8 Å². The second kappa shape index (κ2) is 8.06. The van der Waals surface area contributed by atoms with Crippen molar-refractivity contribution < 1.29 is 9.90 Å². The molecule has 0 saturated carbocycles. The van der Waals surface area contributed by atoms with Crippen LogP contribution in [0.1, 0.15) is 34.1 Å². The number of aliphatic hydroxyl groups is 1. The zero-order chi connectivity index (χ0) is 14.2. The number of hydrogen-bond acceptors (Lipinski definition) is 4. The van der Waals surface area contributed by atoms with Crippen LogP contribution >= 0.6 is 0 Å². The SMILES string of the molecule is CCN(CCCO)CC(=O)NC(C)(C#N)C(C)C. The summed E-state index contributed by atoms with van der Waals surface area (Å²) in [7, 11) is 0. The molecule has 0 aliphatic heterocycles. The van der Waals surface area contributed by atoms with E-state index in [2.05, 4.69) is 11.4 Å². The maximum atomic E-state index is 11.9. The molecule has 0 aliphatic carbocycles. The molecular weight excluding hydrogens is 230 g/mol. The molecule has 1 unspecified atom stereocenters. The molecule has 0 rings (SSSR count). The van der Waals surface area contributed by atoms with Crippen LogP contribution in [0.5, 0.6) is 0 Å². The summed E-state index contributed by atoms with van der Waals surface area (Å²) in [5, 5.41) is 20.7. The molecule has 1 atom stereocenters. The zero-order valence-electron chi connectivity index (χ0n) is 11.9. The minimum atomic E-state index is -0.826. The number of aliphatic hydroxyl groups excluding tert-OH is 1. The molecule has 2 N–H and O–H groups in total. The standard InChI is InChI=1S/C13H25N3O2/c1-5-16(7-6-8-17)9-12(18)15-13(4,10-14)11(2)3/h11,17H,5-9H2,1-4H3,(H,15,18). The average Bonchev–Trinajstić information content (AvgIpc) is 2.33. The molecule has 1 amide bonds. The van der Waals surface area contributed by atoms with Gasteiger partial charge >= 0.3 is 0 Å². The molecule has 0 heterocycles. The van der Waals surface area contributed by atoms with Crippen LogP contribution < -0.4 is 5.32 Å². The third-order valence-corrected chi connectivity index (χ3v) is 3.23. The number of nitriles is 1. The van der Waals surface area contributed by atoms with Crippen molar-refractivity contribution in [2.75, 3.05) is 26.2 Å². The van der Waals surface area contributed by atoms with E-state index in [1.165, 1.54) is 0 Å². The Kier molecular flexibility index (Phi) is 7.56. The summed E-state index contributed by atoms with van der Waals surface area (Å²) < 4.78 is 0. The first-order chi connectivity index (χ1) is 8.39. The number of carbonyl (C=O) groups is 1. The summed E-state index contributed by atoms with van der Waals surface area (Å²) in [5.74, 6) is -0.0912. The number of amides is 1. The molecule has 0 aromatic carbocycles. The number of hydrogen-bond donors (Lipinski definition) is 2. The predicted octanol–water partition coefficient (Wildman–Crippen LogP) is 0.745. The normalized spacial score (nSPS) is 14.3. The minimum Gasteiger partial charge on any atom is -0.396 e. The van der Waals surface area contributed by atoms with Gasteiger partial charge in [-0.2, -0.15) is 5.26 Å². The van der Waals surface area contributed by atoms with E-state index in [1.807, 2.05) is 25.7 Å². The van der Waals surface area contributed by atoms with Crippen LogP contribution in [0.25, 0.3) is 0 Å². The number of likely N-dealkylation sites (N-methyl/N-ethyl adjacent to an activating group) is 1. The van der Waals surface area contributed by atoms with Crippen molar-refractivity contribution in [3.05, 3.63) is 0 Å². The molecule has 5 nitrogen and oxygen atoms in total. The van der Waals surface area contributed by atoms with Crippen molar-refractivity contribution in [2.45, 2.75) is 39.7 Å². The lowest BCUT2D eigenvalue weighted by Crippen LogP contribution is -2.51. The molecule has 104 valence electrons. The van der Waals surface area contributed by atoms with Crippen molar-refractivity contribution in [1.29, 1.82) is 5.26 Å². The highest BCUT2D eigenvalue weighted by Gasteiger charge is 2.30. The van der Waals surface area contributed by atoms with Gasteiger partial charge in [-0.15, -0.1) is 0 Å². The molecule has 0 spiro atoms. The fourth-order valence-corrected chi connectivity index (χ4v) is 1.48. The summed E-state index contributed by atoms with van der Waals surface area (Å²) >= 11 is 0. The highest BCUT2D eigenvalue weighted by atomic mass is 16.3. The van der Waals surface area contributed by atoms with Crippen LogP contribution in [0, 0.1) is 17.2 Å². The largest absolute Gasteiger partial charge is 0.396 e. The van der Waals surface area contributed by atoms with Crippen molar-refractivity contribution in [2.24, 2.45) is 5.92 Å². The molecule has 18 heavy (non-hydrogen) atoms. The molecule has 0 saturated heterocycles. The Balaban J connectivity index is 4.36. The monoisotopic (exact) mass is 255 g/mol. The zero-order valence-corrected chi connectivity index (χ0v) is 11.9. The number of rotatable bonds is 8. The summed E-state index contributed by atoms with van der Waals surface area (Å²) in [4.78, 5) is 13.8. The first-order valence-electron chi connectivity index (χ1n) is 6.45. The summed E-state index contributed by atoms with van der Waals surface area (Å²) in [6.45, 7) is 9.35. The van der Waals surface area contributed by atoms with Crippen LogP contribution in [0.15, 0.2) is 0 Å². The number of carbonyl (C=O) groups excluding carboxylic acids is 1. The molecule has 0 radical (unpaired) electrons. The third-order valence-electron chi connectivity index (χ3n) is 3.23. The Morgan fingerprint density at radius 2 is 2.17 bits per heavy atom. The van der Waals surface area contributed by atoms with E-state index in [-0.39, 0.29) is 25.0 Å². The van der Waals surface area contributed by atoms with Crippen molar-refractivity contribution in [1.82, 2.24) is 10.2 Å². The molecule has 0 aromatic heterocycles. The summed E-state index contributed by atoms with van der Waals surface area (Å²) in [5.41, 5.74) is -0.826. The Morgan fingerprint density at radius 1 is 1.56 bits per heavy atom. The Bertz CT molecular complexity index is 299. The van der Waals surface area contributed by atoms with Gasteiger partial charge in [0.2, 0.25) is 5.91 Å². The molecular formula is C13H25N3O2. The smallest absolute Gasteiger partial charge is 0.235 e. The van der Waals surface area contributed by atoms with E-state index in [1.54, 1.807) is 6.92 Å². The summed E-state index contributed by atoms with van der Waals surface area (Å²) in [6, 6.07) is 2.15. The Morgan fingerprint density at radius 3 is 2.56 bits per heavy atom. The molecule has 0 bridgehead atoms. The average molecular weight is 255 g/mol. The quantitative estimate of drug-likeness (QED) is 0.671. The lowest BCUT2D eigenvalue weighted by molar-refractivity contribution is -0.123. The van der Waals surface area contributed by atoms with Crippen molar-refractivity contribution >= 4 is 5.91 Å². The molecule has 0 fully saturated rings. The highest BCUT2D eigenvalue weighted by molar-refractivity contribution is 5.79. The van der Waals surface area contributed by atoms with Gasteiger partial charge in [0, 0.05) is 13.2 Å². The van der Waals surface area contributed by atoms with E-state index < -0.39 is 5.54 Å². The minimum absolute atomic E-state index is 0.0546. The highest BCUT2D eigenvalue weighted by Crippen LogP contribution is 2.14. The van der Waals surface area contributed by atoms with Gasteiger partial charge in [0.05, 0.1) is 12.6 Å². The molecule has 0 aromatic rings. The van der Waals surface area contributed by atoms with Crippen LogP contribution in [0.2, 0.25) is 0 Å².